The zero-order chi connectivity index (χ0) is 14.0. The number of carbonyl (C=O) groups is 1. The summed E-state index contributed by atoms with van der Waals surface area (Å²) in [6.45, 7) is 5.61. The van der Waals surface area contributed by atoms with Crippen LogP contribution in [0.5, 0.6) is 0 Å². The first-order valence-electron chi connectivity index (χ1n) is 6.41. The number of nitrogens with two attached hydrogens (primary N) is 1. The molecule has 1 amide bonds. The minimum absolute atomic E-state index is 0.0285. The highest BCUT2D eigenvalue weighted by molar-refractivity contribution is 9.10. The van der Waals surface area contributed by atoms with Gasteiger partial charge >= 0.3 is 0 Å². The van der Waals surface area contributed by atoms with Crippen LogP contribution >= 0.6 is 15.9 Å². The Hall–Kier alpha value is -0.910. The Balaban J connectivity index is 2.15. The second-order valence-corrected chi connectivity index (χ2v) is 5.86. The van der Waals surface area contributed by atoms with Crippen LogP contribution in [0.4, 0.5) is 0 Å². The van der Waals surface area contributed by atoms with Gasteiger partial charge in [-0.05, 0) is 47.5 Å². The van der Waals surface area contributed by atoms with E-state index in [-0.39, 0.29) is 18.1 Å². The molecule has 2 rings (SSSR count). The summed E-state index contributed by atoms with van der Waals surface area (Å²) >= 11 is 3.45. The van der Waals surface area contributed by atoms with Crippen LogP contribution in [0.15, 0.2) is 22.7 Å². The van der Waals surface area contributed by atoms with Gasteiger partial charge in [0.25, 0.3) is 5.91 Å². The molecule has 5 heteroatoms. The Morgan fingerprint density at radius 3 is 2.95 bits per heavy atom. The summed E-state index contributed by atoms with van der Waals surface area (Å²) in [6, 6.07) is 5.69. The number of ether oxygens (including phenoxy) is 1. The number of hydrogen-bond donors (Lipinski definition) is 1. The number of amides is 1. The van der Waals surface area contributed by atoms with Crippen LogP contribution in [0.25, 0.3) is 0 Å². The Bertz CT molecular complexity index is 477. The summed E-state index contributed by atoms with van der Waals surface area (Å²) in [7, 11) is 0. The monoisotopic (exact) mass is 326 g/mol. The fourth-order valence-corrected chi connectivity index (χ4v) is 2.80. The Kier molecular flexibility index (Phi) is 4.60. The van der Waals surface area contributed by atoms with E-state index < -0.39 is 0 Å². The fraction of sp³-hybridized carbons (Fsp3) is 0.500. The zero-order valence-electron chi connectivity index (χ0n) is 11.2. The highest BCUT2D eigenvalue weighted by atomic mass is 79.9. The topological polar surface area (TPSA) is 55.6 Å². The lowest BCUT2D eigenvalue weighted by Crippen LogP contribution is -2.51. The van der Waals surface area contributed by atoms with E-state index >= 15 is 0 Å². The number of morpholine rings is 1. The predicted octanol–water partition coefficient (Wildman–Crippen LogP) is 1.95. The van der Waals surface area contributed by atoms with Crippen molar-refractivity contribution in [2.45, 2.75) is 26.0 Å². The quantitative estimate of drug-likeness (QED) is 0.903. The van der Waals surface area contributed by atoms with Gasteiger partial charge in [0, 0.05) is 23.6 Å². The van der Waals surface area contributed by atoms with E-state index in [0.717, 1.165) is 10.0 Å². The van der Waals surface area contributed by atoms with Crippen LogP contribution < -0.4 is 5.73 Å². The third kappa shape index (κ3) is 3.35. The largest absolute Gasteiger partial charge is 0.373 e. The van der Waals surface area contributed by atoms with Crippen LogP contribution in [0.3, 0.4) is 0 Å². The molecule has 0 aliphatic carbocycles. The molecule has 104 valence electrons. The first-order valence-corrected chi connectivity index (χ1v) is 7.21. The van der Waals surface area contributed by atoms with Gasteiger partial charge in [-0.2, -0.15) is 0 Å². The summed E-state index contributed by atoms with van der Waals surface area (Å²) in [6.07, 6.45) is -0.0816. The van der Waals surface area contributed by atoms with Crippen molar-refractivity contribution in [1.29, 1.82) is 0 Å². The van der Waals surface area contributed by atoms with E-state index in [1.54, 1.807) is 0 Å². The van der Waals surface area contributed by atoms with Gasteiger partial charge in [-0.1, -0.05) is 6.07 Å². The maximum absolute atomic E-state index is 12.5. The average molecular weight is 327 g/mol. The second-order valence-electron chi connectivity index (χ2n) is 5.00. The highest BCUT2D eigenvalue weighted by Crippen LogP contribution is 2.21. The van der Waals surface area contributed by atoms with Crippen LogP contribution in [-0.2, 0) is 4.74 Å². The first kappa shape index (κ1) is 14.5. The molecule has 1 aliphatic heterocycles. The van der Waals surface area contributed by atoms with Crippen LogP contribution in [0, 0.1) is 6.92 Å². The molecule has 1 aromatic rings. The van der Waals surface area contributed by atoms with Crippen molar-refractivity contribution >= 4 is 21.8 Å². The van der Waals surface area contributed by atoms with Gasteiger partial charge in [0.1, 0.15) is 0 Å². The number of aryl methyl sites for hydroxylation is 1. The van der Waals surface area contributed by atoms with Crippen LogP contribution in [-0.4, -0.2) is 42.6 Å². The minimum atomic E-state index is -0.0816. The van der Waals surface area contributed by atoms with E-state index in [1.807, 2.05) is 36.9 Å². The number of halogens is 1. The van der Waals surface area contributed by atoms with E-state index in [9.17, 15) is 4.79 Å². The van der Waals surface area contributed by atoms with E-state index in [0.29, 0.717) is 25.3 Å². The van der Waals surface area contributed by atoms with Gasteiger partial charge in [-0.3, -0.25) is 4.79 Å². The molecule has 0 aromatic heterocycles. The standard InChI is InChI=1S/C14H19BrN2O2/c1-9-3-4-11(12(15)7-9)14(18)17-5-6-19-13(8-17)10(2)16/h3-4,7,10,13H,5-6,8,16H2,1-2H3. The second kappa shape index (κ2) is 6.03. The lowest BCUT2D eigenvalue weighted by molar-refractivity contribution is -0.0300. The summed E-state index contributed by atoms with van der Waals surface area (Å²) < 4.78 is 6.41. The summed E-state index contributed by atoms with van der Waals surface area (Å²) in [4.78, 5) is 14.3. The Morgan fingerprint density at radius 1 is 1.58 bits per heavy atom. The van der Waals surface area contributed by atoms with Gasteiger partial charge in [-0.25, -0.2) is 0 Å². The third-order valence-electron chi connectivity index (χ3n) is 3.32. The number of benzene rings is 1. The zero-order valence-corrected chi connectivity index (χ0v) is 12.8. The first-order chi connectivity index (χ1) is 8.99. The lowest BCUT2D eigenvalue weighted by Gasteiger charge is -2.35. The maximum Gasteiger partial charge on any atom is 0.255 e. The molecule has 0 spiro atoms. The highest BCUT2D eigenvalue weighted by Gasteiger charge is 2.27. The molecule has 1 fully saturated rings. The maximum atomic E-state index is 12.5. The van der Waals surface area contributed by atoms with Crippen LogP contribution in [0.2, 0.25) is 0 Å². The molecule has 0 bridgehead atoms. The van der Waals surface area contributed by atoms with Gasteiger partial charge < -0.3 is 15.4 Å². The van der Waals surface area contributed by atoms with Crippen molar-refractivity contribution < 1.29 is 9.53 Å². The minimum Gasteiger partial charge on any atom is -0.373 e. The van der Waals surface area contributed by atoms with E-state index in [1.165, 1.54) is 0 Å². The summed E-state index contributed by atoms with van der Waals surface area (Å²) in [5, 5.41) is 0. The van der Waals surface area contributed by atoms with Crippen LogP contribution in [0.1, 0.15) is 22.8 Å². The number of nitrogens with zero attached hydrogens (tertiary/aromatic N) is 1. The summed E-state index contributed by atoms with van der Waals surface area (Å²) in [5.74, 6) is 0.0285. The molecule has 19 heavy (non-hydrogen) atoms. The van der Waals surface area contributed by atoms with Crippen molar-refractivity contribution in [3.8, 4) is 0 Å². The molecule has 1 heterocycles. The van der Waals surface area contributed by atoms with Gasteiger partial charge in [0.15, 0.2) is 0 Å². The molecular weight excluding hydrogens is 308 g/mol. The van der Waals surface area contributed by atoms with Crippen molar-refractivity contribution in [1.82, 2.24) is 4.90 Å². The van der Waals surface area contributed by atoms with Crippen molar-refractivity contribution in [3.63, 3.8) is 0 Å². The fourth-order valence-electron chi connectivity index (χ4n) is 2.14. The molecule has 0 saturated carbocycles. The van der Waals surface area contributed by atoms with Gasteiger partial charge in [0.2, 0.25) is 0 Å². The smallest absolute Gasteiger partial charge is 0.255 e. The molecule has 0 radical (unpaired) electrons. The molecule has 1 saturated heterocycles. The Labute approximate surface area is 122 Å². The number of hydrogen-bond acceptors (Lipinski definition) is 3. The predicted molar refractivity (Wildman–Crippen MR) is 78.2 cm³/mol. The average Bonchev–Trinajstić information content (AvgIpc) is 2.38. The van der Waals surface area contributed by atoms with Gasteiger partial charge in [-0.15, -0.1) is 0 Å². The molecule has 1 aliphatic rings. The van der Waals surface area contributed by atoms with E-state index in [4.69, 9.17) is 10.5 Å². The number of rotatable bonds is 2. The van der Waals surface area contributed by atoms with E-state index in [2.05, 4.69) is 15.9 Å². The number of carbonyl (C=O) groups excluding carboxylic acids is 1. The van der Waals surface area contributed by atoms with Crippen molar-refractivity contribution in [2.24, 2.45) is 5.73 Å². The molecule has 2 unspecified atom stereocenters. The normalized spacial score (nSPS) is 21.3. The third-order valence-corrected chi connectivity index (χ3v) is 3.98. The Morgan fingerprint density at radius 2 is 2.32 bits per heavy atom. The summed E-state index contributed by atoms with van der Waals surface area (Å²) in [5.41, 5.74) is 7.66. The molecule has 2 N–H and O–H groups in total. The van der Waals surface area contributed by atoms with Gasteiger partial charge in [0.05, 0.1) is 18.3 Å². The molecular formula is C14H19BrN2O2. The molecule has 4 nitrogen and oxygen atoms in total. The van der Waals surface area contributed by atoms with Crippen molar-refractivity contribution in [3.05, 3.63) is 33.8 Å². The van der Waals surface area contributed by atoms with Crippen molar-refractivity contribution in [2.75, 3.05) is 19.7 Å². The molecule has 1 aromatic carbocycles. The SMILES string of the molecule is Cc1ccc(C(=O)N2CCOC(C(C)N)C2)c(Br)c1. The lowest BCUT2D eigenvalue weighted by atomic mass is 10.1. The molecule has 2 atom stereocenters.